The summed E-state index contributed by atoms with van der Waals surface area (Å²) in [6, 6.07) is 14.0. The number of ether oxygens (including phenoxy) is 1. The highest BCUT2D eigenvalue weighted by atomic mass is 16.5. The first kappa shape index (κ1) is 16.0. The lowest BCUT2D eigenvalue weighted by Crippen LogP contribution is -2.09. The molecule has 0 aliphatic rings. The molecule has 3 rings (SSSR count). The highest BCUT2D eigenvalue weighted by molar-refractivity contribution is 6.06. The zero-order valence-electron chi connectivity index (χ0n) is 14.1. The van der Waals surface area contributed by atoms with Crippen molar-refractivity contribution in [3.63, 3.8) is 0 Å². The minimum atomic E-state index is -0.372. The molecule has 1 aromatic heterocycles. The molecular weight excluding hydrogens is 300 g/mol. The van der Waals surface area contributed by atoms with Crippen molar-refractivity contribution < 1.29 is 9.53 Å². The van der Waals surface area contributed by atoms with Crippen molar-refractivity contribution >= 4 is 28.2 Å². The van der Waals surface area contributed by atoms with Crippen molar-refractivity contribution in [3.05, 3.63) is 65.4 Å². The van der Waals surface area contributed by atoms with Crippen LogP contribution in [0.15, 0.2) is 48.7 Å². The lowest BCUT2D eigenvalue weighted by molar-refractivity contribution is 0.0527. The normalized spacial score (nSPS) is 10.6. The molecule has 4 heteroatoms. The maximum absolute atomic E-state index is 12.3. The number of para-hydroxylation sites is 1. The Balaban J connectivity index is 2.16. The number of benzene rings is 2. The SMILES string of the molecule is CCOC(=O)c1cnc2c(C)cccc2c1Nc1ccc(C)cc1. The molecule has 2 aromatic carbocycles. The number of anilines is 2. The molecule has 1 heterocycles. The van der Waals surface area contributed by atoms with Gasteiger partial charge in [0.15, 0.2) is 0 Å². The number of hydrogen-bond acceptors (Lipinski definition) is 4. The van der Waals surface area contributed by atoms with Crippen LogP contribution < -0.4 is 5.32 Å². The van der Waals surface area contributed by atoms with Crippen LogP contribution in [-0.4, -0.2) is 17.6 Å². The third-order valence-electron chi connectivity index (χ3n) is 3.92. The smallest absolute Gasteiger partial charge is 0.341 e. The van der Waals surface area contributed by atoms with Gasteiger partial charge in [-0.15, -0.1) is 0 Å². The van der Waals surface area contributed by atoms with E-state index in [1.807, 2.05) is 56.3 Å². The van der Waals surface area contributed by atoms with E-state index in [1.54, 1.807) is 13.1 Å². The van der Waals surface area contributed by atoms with Gasteiger partial charge >= 0.3 is 5.97 Å². The van der Waals surface area contributed by atoms with Gasteiger partial charge in [0.1, 0.15) is 5.56 Å². The molecule has 3 aromatic rings. The lowest BCUT2D eigenvalue weighted by Gasteiger charge is -2.15. The van der Waals surface area contributed by atoms with Crippen LogP contribution in [0.4, 0.5) is 11.4 Å². The Morgan fingerprint density at radius 3 is 2.58 bits per heavy atom. The number of fused-ring (bicyclic) bond motifs is 1. The molecule has 0 unspecified atom stereocenters. The fourth-order valence-electron chi connectivity index (χ4n) is 2.65. The predicted octanol–water partition coefficient (Wildman–Crippen LogP) is 4.77. The number of nitrogens with zero attached hydrogens (tertiary/aromatic N) is 1. The third-order valence-corrected chi connectivity index (χ3v) is 3.92. The average Bonchev–Trinajstić information content (AvgIpc) is 2.58. The number of aromatic nitrogens is 1. The van der Waals surface area contributed by atoms with Gasteiger partial charge in [0, 0.05) is 17.3 Å². The number of esters is 1. The van der Waals surface area contributed by atoms with E-state index >= 15 is 0 Å². The van der Waals surface area contributed by atoms with E-state index in [9.17, 15) is 4.79 Å². The summed E-state index contributed by atoms with van der Waals surface area (Å²) in [6.07, 6.45) is 1.59. The van der Waals surface area contributed by atoms with Crippen LogP contribution in [-0.2, 0) is 4.74 Å². The van der Waals surface area contributed by atoms with Crippen LogP contribution in [0.1, 0.15) is 28.4 Å². The van der Waals surface area contributed by atoms with Crippen LogP contribution in [0, 0.1) is 13.8 Å². The Kier molecular flexibility index (Phi) is 4.47. The van der Waals surface area contributed by atoms with Gasteiger partial charge in [-0.3, -0.25) is 4.98 Å². The summed E-state index contributed by atoms with van der Waals surface area (Å²) in [5, 5.41) is 4.27. The van der Waals surface area contributed by atoms with Gasteiger partial charge in [-0.1, -0.05) is 35.9 Å². The van der Waals surface area contributed by atoms with Gasteiger partial charge in [-0.2, -0.15) is 0 Å². The Labute approximate surface area is 141 Å². The Bertz CT molecular complexity index is 886. The summed E-state index contributed by atoms with van der Waals surface area (Å²) < 4.78 is 5.19. The lowest BCUT2D eigenvalue weighted by atomic mass is 10.1. The molecule has 24 heavy (non-hydrogen) atoms. The minimum absolute atomic E-state index is 0.328. The van der Waals surface area contributed by atoms with Gasteiger partial charge in [0.05, 0.1) is 17.8 Å². The van der Waals surface area contributed by atoms with Crippen molar-refractivity contribution in [2.75, 3.05) is 11.9 Å². The molecule has 0 atom stereocenters. The molecule has 4 nitrogen and oxygen atoms in total. The Morgan fingerprint density at radius 2 is 1.88 bits per heavy atom. The third kappa shape index (κ3) is 3.08. The number of nitrogens with one attached hydrogen (secondary N) is 1. The van der Waals surface area contributed by atoms with Crippen LogP contribution in [0.2, 0.25) is 0 Å². The maximum atomic E-state index is 12.3. The highest BCUT2D eigenvalue weighted by Gasteiger charge is 2.17. The van der Waals surface area contributed by atoms with E-state index in [4.69, 9.17) is 4.74 Å². The van der Waals surface area contributed by atoms with Crippen molar-refractivity contribution in [2.45, 2.75) is 20.8 Å². The fourth-order valence-corrected chi connectivity index (χ4v) is 2.65. The second kappa shape index (κ2) is 6.71. The summed E-state index contributed by atoms with van der Waals surface area (Å²) >= 11 is 0. The molecule has 0 fully saturated rings. The van der Waals surface area contributed by atoms with E-state index in [1.165, 1.54) is 5.56 Å². The summed E-state index contributed by atoms with van der Waals surface area (Å²) in [4.78, 5) is 16.8. The van der Waals surface area contributed by atoms with Gasteiger partial charge in [0.25, 0.3) is 0 Å². The zero-order valence-corrected chi connectivity index (χ0v) is 14.1. The highest BCUT2D eigenvalue weighted by Crippen LogP contribution is 2.31. The summed E-state index contributed by atoms with van der Waals surface area (Å²) in [5.74, 6) is -0.372. The van der Waals surface area contributed by atoms with Gasteiger partial charge in [0.2, 0.25) is 0 Å². The molecule has 0 aliphatic carbocycles. The van der Waals surface area contributed by atoms with Gasteiger partial charge < -0.3 is 10.1 Å². The molecule has 0 aliphatic heterocycles. The Hall–Kier alpha value is -2.88. The van der Waals surface area contributed by atoms with Crippen LogP contribution >= 0.6 is 0 Å². The molecule has 0 saturated heterocycles. The standard InChI is InChI=1S/C20H20N2O2/c1-4-24-20(23)17-12-21-18-14(3)6-5-7-16(18)19(17)22-15-10-8-13(2)9-11-15/h5-12H,4H2,1-3H3,(H,21,22). The molecule has 0 bridgehead atoms. The minimum Gasteiger partial charge on any atom is -0.462 e. The fraction of sp³-hybridized carbons (Fsp3) is 0.200. The first-order valence-electron chi connectivity index (χ1n) is 7.99. The van der Waals surface area contributed by atoms with Crippen molar-refractivity contribution in [1.82, 2.24) is 4.98 Å². The Morgan fingerprint density at radius 1 is 1.12 bits per heavy atom. The van der Waals surface area contributed by atoms with E-state index in [2.05, 4.69) is 10.3 Å². The monoisotopic (exact) mass is 320 g/mol. The number of rotatable bonds is 4. The van der Waals surface area contributed by atoms with Crippen LogP contribution in [0.5, 0.6) is 0 Å². The number of aryl methyl sites for hydroxylation is 2. The largest absolute Gasteiger partial charge is 0.462 e. The molecule has 0 amide bonds. The van der Waals surface area contributed by atoms with E-state index in [0.717, 1.165) is 27.8 Å². The first-order valence-corrected chi connectivity index (χ1v) is 7.99. The predicted molar refractivity (Wildman–Crippen MR) is 96.9 cm³/mol. The topological polar surface area (TPSA) is 51.2 Å². The van der Waals surface area contributed by atoms with Crippen molar-refractivity contribution in [2.24, 2.45) is 0 Å². The quantitative estimate of drug-likeness (QED) is 0.703. The number of hydrogen-bond donors (Lipinski definition) is 1. The number of carbonyl (C=O) groups is 1. The molecule has 122 valence electrons. The van der Waals surface area contributed by atoms with Crippen molar-refractivity contribution in [3.8, 4) is 0 Å². The molecule has 0 radical (unpaired) electrons. The second-order valence-corrected chi connectivity index (χ2v) is 5.73. The van der Waals surface area contributed by atoms with E-state index in [-0.39, 0.29) is 5.97 Å². The number of carbonyl (C=O) groups excluding carboxylic acids is 1. The second-order valence-electron chi connectivity index (χ2n) is 5.73. The molecular formula is C20H20N2O2. The average molecular weight is 320 g/mol. The van der Waals surface area contributed by atoms with Crippen LogP contribution in [0.3, 0.4) is 0 Å². The molecule has 0 saturated carbocycles. The molecule has 1 N–H and O–H groups in total. The van der Waals surface area contributed by atoms with Gasteiger partial charge in [-0.25, -0.2) is 4.79 Å². The summed E-state index contributed by atoms with van der Waals surface area (Å²) in [5.41, 5.74) is 5.21. The summed E-state index contributed by atoms with van der Waals surface area (Å²) in [6.45, 7) is 6.17. The van der Waals surface area contributed by atoms with E-state index in [0.29, 0.717) is 12.2 Å². The zero-order chi connectivity index (χ0) is 17.1. The first-order chi connectivity index (χ1) is 11.6. The van der Waals surface area contributed by atoms with Crippen LogP contribution in [0.25, 0.3) is 10.9 Å². The summed E-state index contributed by atoms with van der Waals surface area (Å²) in [7, 11) is 0. The van der Waals surface area contributed by atoms with Gasteiger partial charge in [-0.05, 0) is 38.5 Å². The van der Waals surface area contributed by atoms with Crippen molar-refractivity contribution in [1.29, 1.82) is 0 Å². The number of pyridine rings is 1. The molecule has 0 spiro atoms. The van der Waals surface area contributed by atoms with E-state index < -0.39 is 0 Å². The maximum Gasteiger partial charge on any atom is 0.341 e.